The molecular formula is C17H15FN2O2S. The van der Waals surface area contributed by atoms with Gasteiger partial charge in [-0.2, -0.15) is 0 Å². The minimum absolute atomic E-state index is 0.308. The number of rotatable bonds is 4. The van der Waals surface area contributed by atoms with Gasteiger partial charge in [-0.1, -0.05) is 11.3 Å². The van der Waals surface area contributed by atoms with Gasteiger partial charge in [-0.05, 0) is 55.8 Å². The smallest absolute Gasteiger partial charge is 0.257 e. The Morgan fingerprint density at radius 3 is 2.87 bits per heavy atom. The summed E-state index contributed by atoms with van der Waals surface area (Å²) in [5.74, 6) is 0.137. The summed E-state index contributed by atoms with van der Waals surface area (Å²) in [6.45, 7) is 4.14. The highest BCUT2D eigenvalue weighted by Crippen LogP contribution is 2.29. The first-order valence-corrected chi connectivity index (χ1v) is 7.99. The molecule has 0 saturated heterocycles. The number of carbonyl (C=O) groups excluding carboxylic acids is 1. The summed E-state index contributed by atoms with van der Waals surface area (Å²) in [5, 5.41) is 3.25. The van der Waals surface area contributed by atoms with Gasteiger partial charge in [0.15, 0.2) is 5.13 Å². The highest BCUT2D eigenvalue weighted by Gasteiger charge is 2.11. The van der Waals surface area contributed by atoms with Crippen LogP contribution in [0.1, 0.15) is 22.8 Å². The maximum Gasteiger partial charge on any atom is 0.257 e. The zero-order valence-corrected chi connectivity index (χ0v) is 13.5. The van der Waals surface area contributed by atoms with E-state index in [1.165, 1.54) is 29.5 Å². The third kappa shape index (κ3) is 3.32. The van der Waals surface area contributed by atoms with E-state index in [2.05, 4.69) is 10.3 Å². The normalized spacial score (nSPS) is 10.7. The number of ether oxygens (including phenoxy) is 1. The maximum absolute atomic E-state index is 13.3. The molecule has 118 valence electrons. The summed E-state index contributed by atoms with van der Waals surface area (Å²) < 4.78 is 19.7. The van der Waals surface area contributed by atoms with E-state index in [0.717, 1.165) is 16.0 Å². The maximum atomic E-state index is 13.3. The molecule has 1 N–H and O–H groups in total. The van der Waals surface area contributed by atoms with E-state index in [9.17, 15) is 9.18 Å². The number of thiazole rings is 1. The Labute approximate surface area is 136 Å². The van der Waals surface area contributed by atoms with Gasteiger partial charge in [-0.25, -0.2) is 9.37 Å². The number of amides is 1. The van der Waals surface area contributed by atoms with Gasteiger partial charge >= 0.3 is 0 Å². The molecule has 23 heavy (non-hydrogen) atoms. The summed E-state index contributed by atoms with van der Waals surface area (Å²) in [7, 11) is 0. The average Bonchev–Trinajstić information content (AvgIpc) is 2.91. The molecule has 0 fully saturated rings. The summed E-state index contributed by atoms with van der Waals surface area (Å²) in [4.78, 5) is 16.6. The van der Waals surface area contributed by atoms with Crippen molar-refractivity contribution in [2.45, 2.75) is 13.8 Å². The van der Waals surface area contributed by atoms with Crippen molar-refractivity contribution in [3.8, 4) is 5.75 Å². The van der Waals surface area contributed by atoms with Gasteiger partial charge in [0.25, 0.3) is 5.91 Å². The molecule has 1 aromatic heterocycles. The Morgan fingerprint density at radius 1 is 1.30 bits per heavy atom. The number of carbonyl (C=O) groups is 1. The van der Waals surface area contributed by atoms with Crippen LogP contribution in [-0.4, -0.2) is 17.5 Å². The third-order valence-corrected chi connectivity index (χ3v) is 4.25. The van der Waals surface area contributed by atoms with Crippen molar-refractivity contribution in [2.24, 2.45) is 0 Å². The van der Waals surface area contributed by atoms with Crippen molar-refractivity contribution >= 4 is 32.6 Å². The molecule has 1 amide bonds. The van der Waals surface area contributed by atoms with E-state index >= 15 is 0 Å². The lowest BCUT2D eigenvalue weighted by molar-refractivity contribution is 0.102. The SMILES string of the molecule is CCOc1ccc2nc(NC(=O)c3ccc(F)c(C)c3)sc2c1. The molecule has 6 heteroatoms. The summed E-state index contributed by atoms with van der Waals surface area (Å²) in [6, 6.07) is 9.86. The molecule has 0 aliphatic carbocycles. The third-order valence-electron chi connectivity index (χ3n) is 3.31. The average molecular weight is 330 g/mol. The standard InChI is InChI=1S/C17H15FN2O2S/c1-3-22-12-5-7-14-15(9-12)23-17(19-14)20-16(21)11-4-6-13(18)10(2)8-11/h4-9H,3H2,1-2H3,(H,19,20,21). The zero-order valence-electron chi connectivity index (χ0n) is 12.7. The first-order valence-electron chi connectivity index (χ1n) is 7.17. The zero-order chi connectivity index (χ0) is 16.4. The van der Waals surface area contributed by atoms with Gasteiger partial charge in [0.05, 0.1) is 16.8 Å². The molecule has 3 aromatic rings. The predicted octanol–water partition coefficient (Wildman–Crippen LogP) is 4.39. The quantitative estimate of drug-likeness (QED) is 0.771. The van der Waals surface area contributed by atoms with Crippen molar-refractivity contribution in [1.82, 2.24) is 4.98 Å². The fourth-order valence-electron chi connectivity index (χ4n) is 2.17. The molecule has 0 saturated carbocycles. The number of halogens is 1. The second-order valence-electron chi connectivity index (χ2n) is 5.00. The van der Waals surface area contributed by atoms with Crippen LogP contribution < -0.4 is 10.1 Å². The Balaban J connectivity index is 1.82. The molecular weight excluding hydrogens is 315 g/mol. The molecule has 0 aliphatic heterocycles. The molecule has 0 bridgehead atoms. The van der Waals surface area contributed by atoms with Gasteiger partial charge < -0.3 is 4.74 Å². The van der Waals surface area contributed by atoms with E-state index in [1.54, 1.807) is 6.92 Å². The number of aryl methyl sites for hydroxylation is 1. The van der Waals surface area contributed by atoms with E-state index in [4.69, 9.17) is 4.74 Å². The highest BCUT2D eigenvalue weighted by atomic mass is 32.1. The lowest BCUT2D eigenvalue weighted by atomic mass is 10.1. The lowest BCUT2D eigenvalue weighted by Crippen LogP contribution is -2.12. The second-order valence-corrected chi connectivity index (χ2v) is 6.03. The number of anilines is 1. The van der Waals surface area contributed by atoms with Gasteiger partial charge in [0.1, 0.15) is 11.6 Å². The number of benzene rings is 2. The summed E-state index contributed by atoms with van der Waals surface area (Å²) >= 11 is 1.37. The van der Waals surface area contributed by atoms with Crippen molar-refractivity contribution < 1.29 is 13.9 Å². The van der Waals surface area contributed by atoms with Crippen LogP contribution >= 0.6 is 11.3 Å². The molecule has 0 unspecified atom stereocenters. The van der Waals surface area contributed by atoms with Crippen LogP contribution in [0.5, 0.6) is 5.75 Å². The number of aromatic nitrogens is 1. The van der Waals surface area contributed by atoms with Crippen LogP contribution in [0, 0.1) is 12.7 Å². The first kappa shape index (κ1) is 15.4. The van der Waals surface area contributed by atoms with Crippen LogP contribution in [0.4, 0.5) is 9.52 Å². The minimum atomic E-state index is -0.329. The lowest BCUT2D eigenvalue weighted by Gasteiger charge is -2.03. The molecule has 0 spiro atoms. The van der Waals surface area contributed by atoms with Gasteiger partial charge in [0, 0.05) is 5.56 Å². The van der Waals surface area contributed by atoms with E-state index in [0.29, 0.717) is 22.9 Å². The molecule has 0 aliphatic rings. The largest absolute Gasteiger partial charge is 0.494 e. The summed E-state index contributed by atoms with van der Waals surface area (Å²) in [6.07, 6.45) is 0. The van der Waals surface area contributed by atoms with Crippen molar-refractivity contribution in [3.05, 3.63) is 53.3 Å². The second kappa shape index (κ2) is 6.34. The van der Waals surface area contributed by atoms with E-state index in [-0.39, 0.29) is 11.7 Å². The number of nitrogens with zero attached hydrogens (tertiary/aromatic N) is 1. The highest BCUT2D eigenvalue weighted by molar-refractivity contribution is 7.22. The number of nitrogens with one attached hydrogen (secondary N) is 1. The van der Waals surface area contributed by atoms with Crippen LogP contribution in [0.25, 0.3) is 10.2 Å². The monoisotopic (exact) mass is 330 g/mol. The summed E-state index contributed by atoms with van der Waals surface area (Å²) in [5.41, 5.74) is 1.63. The Morgan fingerprint density at radius 2 is 2.13 bits per heavy atom. The molecule has 1 heterocycles. The van der Waals surface area contributed by atoms with Gasteiger partial charge in [-0.3, -0.25) is 10.1 Å². The predicted molar refractivity (Wildman–Crippen MR) is 89.9 cm³/mol. The fraction of sp³-hybridized carbons (Fsp3) is 0.176. The fourth-order valence-corrected chi connectivity index (χ4v) is 3.06. The minimum Gasteiger partial charge on any atom is -0.494 e. The Kier molecular flexibility index (Phi) is 4.25. The molecule has 0 atom stereocenters. The van der Waals surface area contributed by atoms with Crippen LogP contribution in [0.3, 0.4) is 0 Å². The Bertz CT molecular complexity index is 876. The number of fused-ring (bicyclic) bond motifs is 1. The number of hydrogen-bond donors (Lipinski definition) is 1. The van der Waals surface area contributed by atoms with Crippen molar-refractivity contribution in [1.29, 1.82) is 0 Å². The molecule has 2 aromatic carbocycles. The molecule has 4 nitrogen and oxygen atoms in total. The van der Waals surface area contributed by atoms with Crippen LogP contribution in [0.15, 0.2) is 36.4 Å². The van der Waals surface area contributed by atoms with Gasteiger partial charge in [-0.15, -0.1) is 0 Å². The first-order chi connectivity index (χ1) is 11.1. The van der Waals surface area contributed by atoms with Crippen molar-refractivity contribution in [3.63, 3.8) is 0 Å². The van der Waals surface area contributed by atoms with Crippen LogP contribution in [0.2, 0.25) is 0 Å². The van der Waals surface area contributed by atoms with E-state index < -0.39 is 0 Å². The molecule has 3 rings (SSSR count). The van der Waals surface area contributed by atoms with E-state index in [1.807, 2.05) is 25.1 Å². The van der Waals surface area contributed by atoms with Crippen molar-refractivity contribution in [2.75, 3.05) is 11.9 Å². The topological polar surface area (TPSA) is 51.2 Å². The number of hydrogen-bond acceptors (Lipinski definition) is 4. The van der Waals surface area contributed by atoms with Crippen LogP contribution in [-0.2, 0) is 0 Å². The van der Waals surface area contributed by atoms with Gasteiger partial charge in [0.2, 0.25) is 0 Å². The Hall–Kier alpha value is -2.47. The molecule has 0 radical (unpaired) electrons.